The Balaban J connectivity index is 2.44. The van der Waals surface area contributed by atoms with Crippen molar-refractivity contribution in [3.63, 3.8) is 0 Å². The van der Waals surface area contributed by atoms with Gasteiger partial charge >= 0.3 is 6.03 Å². The summed E-state index contributed by atoms with van der Waals surface area (Å²) < 4.78 is 1.02. The number of rotatable bonds is 1. The highest BCUT2D eigenvalue weighted by Crippen LogP contribution is 2.26. The van der Waals surface area contributed by atoms with Crippen molar-refractivity contribution in [1.29, 1.82) is 0 Å². The molecule has 0 aliphatic rings. The second kappa shape index (κ2) is 4.93. The fourth-order valence-electron chi connectivity index (χ4n) is 1.68. The Hall–Kier alpha value is -2.01. The molecule has 1 aromatic heterocycles. The van der Waals surface area contributed by atoms with E-state index in [-0.39, 0.29) is 11.8 Å². The number of imide groups is 1. The van der Waals surface area contributed by atoms with Crippen molar-refractivity contribution in [3.8, 4) is 5.88 Å². The minimum atomic E-state index is -0.700. The lowest BCUT2D eigenvalue weighted by Crippen LogP contribution is -2.36. The van der Waals surface area contributed by atoms with Crippen LogP contribution in [0.4, 0.5) is 4.79 Å². The number of fused-ring (bicyclic) bond motifs is 1. The molecule has 0 atom stereocenters. The molecule has 0 aliphatic carbocycles. The van der Waals surface area contributed by atoms with Crippen LogP contribution in [0.3, 0.4) is 0 Å². The van der Waals surface area contributed by atoms with Crippen LogP contribution in [-0.4, -0.2) is 21.6 Å². The molecule has 0 unspecified atom stereocenters. The zero-order valence-electron chi connectivity index (χ0n) is 10.5. The number of hydrogen-bond acceptors (Lipinski definition) is 3. The van der Waals surface area contributed by atoms with Gasteiger partial charge in [0, 0.05) is 22.4 Å². The Labute approximate surface area is 114 Å². The number of hydrogen-bond donors (Lipinski definition) is 2. The number of aromatic hydroxyl groups is 1. The molecule has 2 rings (SSSR count). The molecule has 0 fully saturated rings. The first-order valence-corrected chi connectivity index (χ1v) is 6.13. The quantitative estimate of drug-likeness (QED) is 0.844. The average Bonchev–Trinajstić information content (AvgIpc) is 2.64. The van der Waals surface area contributed by atoms with Gasteiger partial charge in [-0.3, -0.25) is 10.1 Å². The molecule has 0 radical (unpaired) electrons. The van der Waals surface area contributed by atoms with Crippen LogP contribution in [0.2, 0.25) is 5.02 Å². The molecule has 2 amide bonds. The molecule has 0 aliphatic heterocycles. The predicted molar refractivity (Wildman–Crippen MR) is 72.4 cm³/mol. The van der Waals surface area contributed by atoms with Crippen molar-refractivity contribution in [2.45, 2.75) is 13.8 Å². The van der Waals surface area contributed by atoms with Crippen molar-refractivity contribution in [3.05, 3.63) is 29.3 Å². The SMILES string of the molecule is CC(C)C(=O)NC(=O)n1c(O)cc2ccc(Cl)cc21. The summed E-state index contributed by atoms with van der Waals surface area (Å²) in [5.41, 5.74) is 0.444. The molecule has 100 valence electrons. The number of nitrogens with zero attached hydrogens (tertiary/aromatic N) is 1. The lowest BCUT2D eigenvalue weighted by atomic mass is 10.2. The molecule has 6 heteroatoms. The normalized spacial score (nSPS) is 10.9. The minimum absolute atomic E-state index is 0.244. The Kier molecular flexibility index (Phi) is 3.48. The van der Waals surface area contributed by atoms with Gasteiger partial charge in [-0.1, -0.05) is 31.5 Å². The Morgan fingerprint density at radius 3 is 2.63 bits per heavy atom. The smallest absolute Gasteiger partial charge is 0.335 e. The first-order chi connectivity index (χ1) is 8.90. The largest absolute Gasteiger partial charge is 0.494 e. The average molecular weight is 281 g/mol. The van der Waals surface area contributed by atoms with Crippen LogP contribution >= 0.6 is 11.6 Å². The summed E-state index contributed by atoms with van der Waals surface area (Å²) in [6, 6.07) is 5.63. The highest BCUT2D eigenvalue weighted by Gasteiger charge is 2.18. The van der Waals surface area contributed by atoms with Crippen molar-refractivity contribution in [2.75, 3.05) is 0 Å². The van der Waals surface area contributed by atoms with Gasteiger partial charge in [0.25, 0.3) is 0 Å². The number of carbonyl (C=O) groups excluding carboxylic acids is 2. The maximum atomic E-state index is 12.0. The lowest BCUT2D eigenvalue weighted by molar-refractivity contribution is -0.122. The minimum Gasteiger partial charge on any atom is -0.494 e. The van der Waals surface area contributed by atoms with Gasteiger partial charge in [0.2, 0.25) is 5.91 Å². The highest BCUT2D eigenvalue weighted by atomic mass is 35.5. The van der Waals surface area contributed by atoms with Crippen molar-refractivity contribution in [1.82, 2.24) is 9.88 Å². The van der Waals surface area contributed by atoms with Gasteiger partial charge < -0.3 is 5.11 Å². The lowest BCUT2D eigenvalue weighted by Gasteiger charge is -2.09. The first kappa shape index (κ1) is 13.4. The predicted octanol–water partition coefficient (Wildman–Crippen LogP) is 2.74. The van der Waals surface area contributed by atoms with Crippen LogP contribution in [0.1, 0.15) is 13.8 Å². The van der Waals surface area contributed by atoms with Crippen molar-refractivity contribution < 1.29 is 14.7 Å². The van der Waals surface area contributed by atoms with Crippen molar-refractivity contribution >= 4 is 34.4 Å². The van der Waals surface area contributed by atoms with E-state index in [4.69, 9.17) is 11.6 Å². The third kappa shape index (κ3) is 2.56. The molecular weight excluding hydrogens is 268 g/mol. The number of nitrogens with one attached hydrogen (secondary N) is 1. The molecule has 0 bridgehead atoms. The van der Waals surface area contributed by atoms with E-state index in [1.165, 1.54) is 6.07 Å². The number of amides is 2. The van der Waals surface area contributed by atoms with Crippen LogP contribution in [-0.2, 0) is 4.79 Å². The van der Waals surface area contributed by atoms with Gasteiger partial charge in [0.1, 0.15) is 0 Å². The third-order valence-corrected chi connectivity index (χ3v) is 2.94. The van der Waals surface area contributed by atoms with Gasteiger partial charge in [0.15, 0.2) is 5.88 Å². The fourth-order valence-corrected chi connectivity index (χ4v) is 1.84. The van der Waals surface area contributed by atoms with E-state index in [0.29, 0.717) is 15.9 Å². The van der Waals surface area contributed by atoms with Gasteiger partial charge in [-0.25, -0.2) is 9.36 Å². The molecule has 0 saturated heterocycles. The molecule has 19 heavy (non-hydrogen) atoms. The van der Waals surface area contributed by atoms with E-state index in [1.807, 2.05) is 0 Å². The van der Waals surface area contributed by atoms with E-state index in [2.05, 4.69) is 5.32 Å². The zero-order chi connectivity index (χ0) is 14.2. The molecular formula is C13H13ClN2O3. The summed E-state index contributed by atoms with van der Waals surface area (Å²) in [6.07, 6.45) is 0. The van der Waals surface area contributed by atoms with Crippen LogP contribution in [0, 0.1) is 5.92 Å². The Morgan fingerprint density at radius 2 is 2.00 bits per heavy atom. The van der Waals surface area contributed by atoms with E-state index in [9.17, 15) is 14.7 Å². The highest BCUT2D eigenvalue weighted by molar-refractivity contribution is 6.31. The summed E-state index contributed by atoms with van der Waals surface area (Å²) in [5, 5.41) is 13.1. The van der Waals surface area contributed by atoms with E-state index < -0.39 is 11.9 Å². The van der Waals surface area contributed by atoms with E-state index in [1.54, 1.807) is 32.0 Å². The monoisotopic (exact) mass is 280 g/mol. The van der Waals surface area contributed by atoms with Gasteiger partial charge in [-0.05, 0) is 12.1 Å². The Morgan fingerprint density at radius 1 is 1.32 bits per heavy atom. The summed E-state index contributed by atoms with van der Waals surface area (Å²) in [4.78, 5) is 23.5. The fraction of sp³-hybridized carbons (Fsp3) is 0.231. The molecule has 2 aromatic rings. The van der Waals surface area contributed by atoms with Crippen LogP contribution < -0.4 is 5.32 Å². The second-order valence-corrected chi connectivity index (χ2v) is 4.93. The summed E-state index contributed by atoms with van der Waals surface area (Å²) >= 11 is 5.87. The maximum Gasteiger partial charge on any atom is 0.335 e. The van der Waals surface area contributed by atoms with E-state index >= 15 is 0 Å². The molecule has 5 nitrogen and oxygen atoms in total. The van der Waals surface area contributed by atoms with Crippen LogP contribution in [0.15, 0.2) is 24.3 Å². The standard InChI is InChI=1S/C13H13ClN2O3/c1-7(2)12(18)15-13(19)16-10-6-9(14)4-3-8(10)5-11(16)17/h3-7,17H,1-2H3,(H,15,18,19). The van der Waals surface area contributed by atoms with Crippen LogP contribution in [0.25, 0.3) is 10.9 Å². The number of aromatic nitrogens is 1. The summed E-state index contributed by atoms with van der Waals surface area (Å²) in [7, 11) is 0. The van der Waals surface area contributed by atoms with Gasteiger partial charge in [0.05, 0.1) is 5.52 Å². The number of benzene rings is 1. The maximum absolute atomic E-state index is 12.0. The Bertz CT molecular complexity index is 661. The zero-order valence-corrected chi connectivity index (χ0v) is 11.2. The first-order valence-electron chi connectivity index (χ1n) is 5.75. The van der Waals surface area contributed by atoms with Crippen molar-refractivity contribution in [2.24, 2.45) is 5.92 Å². The molecule has 1 aromatic carbocycles. The topological polar surface area (TPSA) is 71.3 Å². The number of halogens is 1. The molecule has 1 heterocycles. The molecule has 2 N–H and O–H groups in total. The molecule has 0 saturated carbocycles. The van der Waals surface area contributed by atoms with Crippen LogP contribution in [0.5, 0.6) is 5.88 Å². The van der Waals surface area contributed by atoms with Gasteiger partial charge in [-0.15, -0.1) is 0 Å². The second-order valence-electron chi connectivity index (χ2n) is 4.49. The third-order valence-electron chi connectivity index (χ3n) is 2.70. The van der Waals surface area contributed by atoms with E-state index in [0.717, 1.165) is 4.57 Å². The number of carbonyl (C=O) groups is 2. The van der Waals surface area contributed by atoms with Gasteiger partial charge in [-0.2, -0.15) is 0 Å². The summed E-state index contributed by atoms with van der Waals surface area (Å²) in [5.74, 6) is -0.976. The summed E-state index contributed by atoms with van der Waals surface area (Å²) in [6.45, 7) is 3.35. The molecule has 0 spiro atoms.